The predicted octanol–water partition coefficient (Wildman–Crippen LogP) is 3.70. The van der Waals surface area contributed by atoms with Gasteiger partial charge in [0.25, 0.3) is 0 Å². The lowest BCUT2D eigenvalue weighted by Crippen LogP contribution is -2.26. The van der Waals surface area contributed by atoms with Crippen molar-refractivity contribution in [3.8, 4) is 0 Å². The first-order valence-electron chi connectivity index (χ1n) is 7.64. The number of ether oxygens (including phenoxy) is 2. The Morgan fingerprint density at radius 2 is 2.00 bits per heavy atom. The minimum Gasteiger partial charge on any atom is -0.373 e. The summed E-state index contributed by atoms with van der Waals surface area (Å²) < 4.78 is 24.9. The van der Waals surface area contributed by atoms with Crippen LogP contribution in [0.3, 0.4) is 0 Å². The average molecular weight is 297 g/mol. The van der Waals surface area contributed by atoms with Crippen molar-refractivity contribution in [3.63, 3.8) is 0 Å². The maximum atomic E-state index is 13.4. The van der Waals surface area contributed by atoms with Crippen molar-refractivity contribution in [1.29, 1.82) is 0 Å². The minimum absolute atomic E-state index is 0.157. The fraction of sp³-hybridized carbons (Fsp3) is 0.647. The molecule has 120 valence electrons. The molecule has 0 heterocycles. The summed E-state index contributed by atoms with van der Waals surface area (Å²) in [4.78, 5) is 0. The van der Waals surface area contributed by atoms with Crippen molar-refractivity contribution in [1.82, 2.24) is 5.32 Å². The topological polar surface area (TPSA) is 30.5 Å². The maximum absolute atomic E-state index is 13.4. The van der Waals surface area contributed by atoms with Gasteiger partial charge in [0.1, 0.15) is 5.82 Å². The van der Waals surface area contributed by atoms with E-state index in [1.165, 1.54) is 12.1 Å². The fourth-order valence-corrected chi connectivity index (χ4v) is 1.93. The minimum atomic E-state index is -0.234. The second-order valence-corrected chi connectivity index (χ2v) is 6.08. The third-order valence-electron chi connectivity index (χ3n) is 2.91. The second-order valence-electron chi connectivity index (χ2n) is 6.08. The lowest BCUT2D eigenvalue weighted by Gasteiger charge is -2.22. The summed E-state index contributed by atoms with van der Waals surface area (Å²) in [5, 5.41) is 3.32. The van der Waals surface area contributed by atoms with Gasteiger partial charge in [0.2, 0.25) is 0 Å². The molecule has 0 amide bonds. The Labute approximate surface area is 127 Å². The molecular weight excluding hydrogens is 269 g/mol. The number of nitrogens with one attached hydrogen (secondary N) is 1. The molecule has 21 heavy (non-hydrogen) atoms. The lowest BCUT2D eigenvalue weighted by molar-refractivity contribution is -0.0519. The first-order chi connectivity index (χ1) is 9.92. The van der Waals surface area contributed by atoms with Crippen molar-refractivity contribution in [2.24, 2.45) is 0 Å². The van der Waals surface area contributed by atoms with E-state index in [0.29, 0.717) is 19.8 Å². The van der Waals surface area contributed by atoms with E-state index >= 15 is 0 Å². The zero-order valence-electron chi connectivity index (χ0n) is 13.6. The summed E-state index contributed by atoms with van der Waals surface area (Å²) in [5.41, 5.74) is 0.687. The normalized spacial score (nSPS) is 13.4. The Hall–Kier alpha value is -0.970. The van der Waals surface area contributed by atoms with Crippen LogP contribution in [0.5, 0.6) is 0 Å². The van der Waals surface area contributed by atoms with Crippen molar-refractivity contribution in [2.75, 3.05) is 26.3 Å². The van der Waals surface area contributed by atoms with Gasteiger partial charge in [-0.05, 0) is 51.4 Å². The Morgan fingerprint density at radius 1 is 1.24 bits per heavy atom. The average Bonchev–Trinajstić information content (AvgIpc) is 2.40. The zero-order valence-corrected chi connectivity index (χ0v) is 13.6. The smallest absolute Gasteiger partial charge is 0.123 e. The van der Waals surface area contributed by atoms with E-state index in [0.717, 1.165) is 18.5 Å². The highest BCUT2D eigenvalue weighted by Crippen LogP contribution is 2.18. The van der Waals surface area contributed by atoms with Gasteiger partial charge in [-0.3, -0.25) is 0 Å². The van der Waals surface area contributed by atoms with E-state index in [-0.39, 0.29) is 17.5 Å². The Bertz CT molecular complexity index is 404. The van der Waals surface area contributed by atoms with Crippen molar-refractivity contribution in [3.05, 3.63) is 35.6 Å². The van der Waals surface area contributed by atoms with Gasteiger partial charge >= 0.3 is 0 Å². The van der Waals surface area contributed by atoms with Crippen LogP contribution < -0.4 is 5.32 Å². The van der Waals surface area contributed by atoms with Crippen LogP contribution in [0.25, 0.3) is 0 Å². The molecule has 4 heteroatoms. The van der Waals surface area contributed by atoms with Gasteiger partial charge in [0.15, 0.2) is 0 Å². The highest BCUT2D eigenvalue weighted by Gasteiger charge is 2.14. The number of hydrogen-bond acceptors (Lipinski definition) is 3. The van der Waals surface area contributed by atoms with E-state index in [4.69, 9.17) is 9.47 Å². The number of hydrogen-bond donors (Lipinski definition) is 1. The lowest BCUT2D eigenvalue weighted by atomic mass is 10.1. The molecule has 3 nitrogen and oxygen atoms in total. The van der Waals surface area contributed by atoms with E-state index < -0.39 is 0 Å². The van der Waals surface area contributed by atoms with Crippen molar-refractivity contribution < 1.29 is 13.9 Å². The molecular formula is C17H28FNO2. The van der Waals surface area contributed by atoms with Crippen LogP contribution in [0.1, 0.15) is 45.8 Å². The van der Waals surface area contributed by atoms with Gasteiger partial charge in [-0.25, -0.2) is 4.39 Å². The molecule has 1 rings (SSSR count). The zero-order chi connectivity index (χ0) is 15.7. The van der Waals surface area contributed by atoms with E-state index in [1.807, 2.05) is 26.8 Å². The van der Waals surface area contributed by atoms with Gasteiger partial charge in [0, 0.05) is 6.54 Å². The third kappa shape index (κ3) is 8.15. The van der Waals surface area contributed by atoms with E-state index in [1.54, 1.807) is 6.07 Å². The standard InChI is InChI=1S/C17H28FNO2/c1-5-9-19-13-16(14-7-6-8-15(18)12-14)20-10-11-21-17(2,3)4/h6-8,12,16,19H,5,9-11,13H2,1-4H3. The monoisotopic (exact) mass is 297 g/mol. The molecule has 0 aromatic heterocycles. The molecule has 1 N–H and O–H groups in total. The summed E-state index contributed by atoms with van der Waals surface area (Å²) in [6.45, 7) is 10.8. The highest BCUT2D eigenvalue weighted by atomic mass is 19.1. The Balaban J connectivity index is 2.52. The summed E-state index contributed by atoms with van der Waals surface area (Å²) in [5.74, 6) is -0.234. The molecule has 1 aromatic carbocycles. The molecule has 0 saturated heterocycles. The predicted molar refractivity (Wildman–Crippen MR) is 84.0 cm³/mol. The highest BCUT2D eigenvalue weighted by molar-refractivity contribution is 5.19. The van der Waals surface area contributed by atoms with Gasteiger partial charge in [-0.15, -0.1) is 0 Å². The molecule has 0 radical (unpaired) electrons. The molecule has 1 atom stereocenters. The van der Waals surface area contributed by atoms with Crippen LogP contribution in [-0.4, -0.2) is 31.9 Å². The summed E-state index contributed by atoms with van der Waals surface area (Å²) in [6, 6.07) is 6.59. The molecule has 0 aliphatic heterocycles. The quantitative estimate of drug-likeness (QED) is 0.705. The van der Waals surface area contributed by atoms with Crippen LogP contribution in [0.4, 0.5) is 4.39 Å². The summed E-state index contributed by atoms with van der Waals surface area (Å²) in [7, 11) is 0. The molecule has 0 aliphatic carbocycles. The SMILES string of the molecule is CCCNCC(OCCOC(C)(C)C)c1cccc(F)c1. The summed E-state index contributed by atoms with van der Waals surface area (Å²) in [6.07, 6.45) is 0.902. The van der Waals surface area contributed by atoms with Crippen LogP contribution in [0, 0.1) is 5.82 Å². The number of benzene rings is 1. The number of rotatable bonds is 9. The molecule has 0 fully saturated rings. The molecule has 0 bridgehead atoms. The molecule has 1 aromatic rings. The van der Waals surface area contributed by atoms with Crippen LogP contribution >= 0.6 is 0 Å². The second kappa shape index (κ2) is 9.13. The summed E-state index contributed by atoms with van der Waals surface area (Å²) >= 11 is 0. The largest absolute Gasteiger partial charge is 0.373 e. The van der Waals surface area contributed by atoms with Gasteiger partial charge in [-0.2, -0.15) is 0 Å². The Kier molecular flexibility index (Phi) is 7.86. The van der Waals surface area contributed by atoms with Crippen LogP contribution in [0.15, 0.2) is 24.3 Å². The van der Waals surface area contributed by atoms with Crippen molar-refractivity contribution in [2.45, 2.75) is 45.8 Å². The molecule has 0 saturated carbocycles. The maximum Gasteiger partial charge on any atom is 0.123 e. The number of halogens is 1. The molecule has 0 spiro atoms. The van der Waals surface area contributed by atoms with Crippen LogP contribution in [0.2, 0.25) is 0 Å². The van der Waals surface area contributed by atoms with Gasteiger partial charge in [0.05, 0.1) is 24.9 Å². The van der Waals surface area contributed by atoms with Crippen LogP contribution in [-0.2, 0) is 9.47 Å². The first-order valence-corrected chi connectivity index (χ1v) is 7.64. The molecule has 1 unspecified atom stereocenters. The van der Waals surface area contributed by atoms with E-state index in [9.17, 15) is 4.39 Å². The van der Waals surface area contributed by atoms with E-state index in [2.05, 4.69) is 12.2 Å². The Morgan fingerprint density at radius 3 is 2.62 bits per heavy atom. The van der Waals surface area contributed by atoms with Crippen molar-refractivity contribution >= 4 is 0 Å². The third-order valence-corrected chi connectivity index (χ3v) is 2.91. The first kappa shape index (κ1) is 18.1. The van der Waals surface area contributed by atoms with Gasteiger partial charge < -0.3 is 14.8 Å². The molecule has 0 aliphatic rings. The van der Waals surface area contributed by atoms with Gasteiger partial charge in [-0.1, -0.05) is 19.1 Å². The fourth-order valence-electron chi connectivity index (χ4n) is 1.93.